The molecule has 0 atom stereocenters. The van der Waals surface area contributed by atoms with Gasteiger partial charge in [-0.1, -0.05) is 23.4 Å². The molecule has 0 spiro atoms. The molecule has 3 rings (SSSR count). The molecule has 1 aromatic carbocycles. The second kappa shape index (κ2) is 6.16. The van der Waals surface area contributed by atoms with Crippen LogP contribution in [0.1, 0.15) is 18.4 Å². The van der Waals surface area contributed by atoms with E-state index in [1.807, 2.05) is 30.0 Å². The fourth-order valence-corrected chi connectivity index (χ4v) is 3.56. The third kappa shape index (κ3) is 3.44. The topological polar surface area (TPSA) is 27.6 Å². The lowest BCUT2D eigenvalue weighted by Crippen LogP contribution is -2.23. The lowest BCUT2D eigenvalue weighted by Gasteiger charge is -2.19. The number of hydrogen-bond donors (Lipinski definition) is 1. The molecule has 0 bridgehead atoms. The third-order valence-corrected chi connectivity index (χ3v) is 4.67. The van der Waals surface area contributed by atoms with Crippen molar-refractivity contribution in [3.8, 4) is 0 Å². The fourth-order valence-electron chi connectivity index (χ4n) is 2.49. The summed E-state index contributed by atoms with van der Waals surface area (Å²) in [5.74, 6) is 1.11. The van der Waals surface area contributed by atoms with E-state index in [9.17, 15) is 0 Å². The van der Waals surface area contributed by atoms with Crippen LogP contribution in [0.15, 0.2) is 23.2 Å². The van der Waals surface area contributed by atoms with Gasteiger partial charge in [0.05, 0.1) is 6.54 Å². The van der Waals surface area contributed by atoms with Gasteiger partial charge in [-0.3, -0.25) is 4.99 Å². The van der Waals surface area contributed by atoms with Crippen molar-refractivity contribution in [2.24, 2.45) is 4.99 Å². The van der Waals surface area contributed by atoms with Crippen LogP contribution in [0.2, 0.25) is 5.02 Å². The van der Waals surface area contributed by atoms with Gasteiger partial charge in [-0.25, -0.2) is 0 Å². The second-order valence-electron chi connectivity index (χ2n) is 4.95. The van der Waals surface area contributed by atoms with Gasteiger partial charge in [0.25, 0.3) is 0 Å². The Labute approximate surface area is 123 Å². The van der Waals surface area contributed by atoms with E-state index in [0.717, 1.165) is 28.2 Å². The Bertz CT molecular complexity index is 484. The maximum atomic E-state index is 5.98. The van der Waals surface area contributed by atoms with Crippen LogP contribution < -0.4 is 5.32 Å². The zero-order chi connectivity index (χ0) is 13.1. The van der Waals surface area contributed by atoms with Crippen LogP contribution in [-0.2, 0) is 6.54 Å². The van der Waals surface area contributed by atoms with E-state index < -0.39 is 0 Å². The molecule has 1 saturated heterocycles. The van der Waals surface area contributed by atoms with Crippen LogP contribution >= 0.6 is 23.4 Å². The van der Waals surface area contributed by atoms with Crippen molar-refractivity contribution in [1.29, 1.82) is 0 Å². The molecule has 2 aliphatic rings. The average molecular weight is 296 g/mol. The Morgan fingerprint density at radius 2 is 2.16 bits per heavy atom. The zero-order valence-electron chi connectivity index (χ0n) is 10.9. The van der Waals surface area contributed by atoms with Crippen LogP contribution in [-0.4, -0.2) is 35.5 Å². The minimum Gasteiger partial charge on any atom is -0.335 e. The molecular weight excluding hydrogens is 278 g/mol. The molecule has 1 aromatic rings. The van der Waals surface area contributed by atoms with Crippen LogP contribution in [0.5, 0.6) is 0 Å². The molecule has 0 unspecified atom stereocenters. The van der Waals surface area contributed by atoms with E-state index in [4.69, 9.17) is 11.6 Å². The molecule has 0 saturated carbocycles. The maximum absolute atomic E-state index is 5.98. The number of nitrogens with zero attached hydrogens (tertiary/aromatic N) is 2. The minimum absolute atomic E-state index is 0.731. The molecule has 0 amide bonds. The molecule has 102 valence electrons. The van der Waals surface area contributed by atoms with Gasteiger partial charge < -0.3 is 10.2 Å². The predicted octanol–water partition coefficient (Wildman–Crippen LogP) is 3.45. The first-order valence-corrected chi connectivity index (χ1v) is 8.13. The SMILES string of the molecule is Clc1ccc2c(c1)CN=C(SCCN1CCCC1)N2. The van der Waals surface area contributed by atoms with Crippen LogP contribution in [0, 0.1) is 0 Å². The molecule has 19 heavy (non-hydrogen) atoms. The van der Waals surface area contributed by atoms with Gasteiger partial charge in [-0.05, 0) is 49.7 Å². The lowest BCUT2D eigenvalue weighted by atomic mass is 10.1. The summed E-state index contributed by atoms with van der Waals surface area (Å²) in [6.07, 6.45) is 2.72. The predicted molar refractivity (Wildman–Crippen MR) is 84.3 cm³/mol. The summed E-state index contributed by atoms with van der Waals surface area (Å²) in [7, 11) is 0. The van der Waals surface area contributed by atoms with Crippen molar-refractivity contribution in [2.45, 2.75) is 19.4 Å². The van der Waals surface area contributed by atoms with Crippen LogP contribution in [0.3, 0.4) is 0 Å². The Kier molecular flexibility index (Phi) is 4.31. The molecular formula is C14H18ClN3S. The number of anilines is 1. The second-order valence-corrected chi connectivity index (χ2v) is 6.47. The Morgan fingerprint density at radius 1 is 1.32 bits per heavy atom. The quantitative estimate of drug-likeness (QED) is 0.925. The molecule has 0 aromatic heterocycles. The molecule has 0 radical (unpaired) electrons. The molecule has 2 aliphatic heterocycles. The van der Waals surface area contributed by atoms with Gasteiger partial charge in [0.15, 0.2) is 5.17 Å². The highest BCUT2D eigenvalue weighted by Gasteiger charge is 2.14. The number of aliphatic imine (C=N–C) groups is 1. The van der Waals surface area contributed by atoms with Crippen LogP contribution in [0.4, 0.5) is 5.69 Å². The normalized spacial score (nSPS) is 18.9. The largest absolute Gasteiger partial charge is 0.335 e. The number of halogens is 1. The van der Waals surface area contributed by atoms with E-state index in [2.05, 4.69) is 15.2 Å². The third-order valence-electron chi connectivity index (χ3n) is 3.55. The van der Waals surface area contributed by atoms with Gasteiger partial charge in [0, 0.05) is 23.0 Å². The standard InChI is InChI=1S/C14H18ClN3S/c15-12-3-4-13-11(9-12)10-16-14(17-13)19-8-7-18-5-1-2-6-18/h3-4,9H,1-2,5-8,10H2,(H,16,17). The zero-order valence-corrected chi connectivity index (χ0v) is 12.4. The van der Waals surface area contributed by atoms with Crippen molar-refractivity contribution in [1.82, 2.24) is 4.90 Å². The highest BCUT2D eigenvalue weighted by Crippen LogP contribution is 2.26. The molecule has 5 heteroatoms. The number of amidine groups is 1. The first kappa shape index (κ1) is 13.3. The van der Waals surface area contributed by atoms with E-state index >= 15 is 0 Å². The Hall–Kier alpha value is -0.710. The number of likely N-dealkylation sites (tertiary alicyclic amines) is 1. The van der Waals surface area contributed by atoms with Crippen molar-refractivity contribution >= 4 is 34.2 Å². The van der Waals surface area contributed by atoms with E-state index in [1.165, 1.54) is 38.0 Å². The van der Waals surface area contributed by atoms with Crippen molar-refractivity contribution < 1.29 is 0 Å². The summed E-state index contributed by atoms with van der Waals surface area (Å²) in [6.45, 7) is 4.43. The lowest BCUT2D eigenvalue weighted by molar-refractivity contribution is 0.362. The molecule has 1 N–H and O–H groups in total. The average Bonchev–Trinajstić information content (AvgIpc) is 2.92. The Morgan fingerprint density at radius 3 is 3.00 bits per heavy atom. The van der Waals surface area contributed by atoms with E-state index in [1.54, 1.807) is 0 Å². The highest BCUT2D eigenvalue weighted by atomic mass is 35.5. The summed E-state index contributed by atoms with van der Waals surface area (Å²) in [5.41, 5.74) is 2.32. The summed E-state index contributed by atoms with van der Waals surface area (Å²) >= 11 is 7.80. The first-order chi connectivity index (χ1) is 9.31. The van der Waals surface area contributed by atoms with Gasteiger partial charge in [-0.2, -0.15) is 0 Å². The number of fused-ring (bicyclic) bond motifs is 1. The molecule has 2 heterocycles. The maximum Gasteiger partial charge on any atom is 0.161 e. The van der Waals surface area contributed by atoms with E-state index in [0.29, 0.717) is 0 Å². The molecule has 3 nitrogen and oxygen atoms in total. The van der Waals surface area contributed by atoms with E-state index in [-0.39, 0.29) is 0 Å². The summed E-state index contributed by atoms with van der Waals surface area (Å²) in [5, 5.41) is 5.20. The number of benzene rings is 1. The van der Waals surface area contributed by atoms with Crippen molar-refractivity contribution in [2.75, 3.05) is 30.7 Å². The van der Waals surface area contributed by atoms with Gasteiger partial charge in [0.2, 0.25) is 0 Å². The van der Waals surface area contributed by atoms with Gasteiger partial charge in [0.1, 0.15) is 0 Å². The molecule has 1 fully saturated rings. The molecule has 0 aliphatic carbocycles. The number of thioether (sulfide) groups is 1. The minimum atomic E-state index is 0.731. The fraction of sp³-hybridized carbons (Fsp3) is 0.500. The van der Waals surface area contributed by atoms with Gasteiger partial charge in [-0.15, -0.1) is 0 Å². The summed E-state index contributed by atoms with van der Waals surface area (Å²) < 4.78 is 0. The number of hydrogen-bond acceptors (Lipinski definition) is 4. The van der Waals surface area contributed by atoms with Gasteiger partial charge >= 0.3 is 0 Å². The summed E-state index contributed by atoms with van der Waals surface area (Å²) in [4.78, 5) is 7.10. The smallest absolute Gasteiger partial charge is 0.161 e. The highest BCUT2D eigenvalue weighted by molar-refractivity contribution is 8.14. The van der Waals surface area contributed by atoms with Crippen LogP contribution in [0.25, 0.3) is 0 Å². The summed E-state index contributed by atoms with van der Waals surface area (Å²) in [6, 6.07) is 5.94. The first-order valence-electron chi connectivity index (χ1n) is 6.76. The number of nitrogens with one attached hydrogen (secondary N) is 1. The monoisotopic (exact) mass is 295 g/mol. The van der Waals surface area contributed by atoms with Crippen molar-refractivity contribution in [3.05, 3.63) is 28.8 Å². The number of rotatable bonds is 3. The van der Waals surface area contributed by atoms with Crippen molar-refractivity contribution in [3.63, 3.8) is 0 Å². The Balaban J connectivity index is 1.50.